The van der Waals surface area contributed by atoms with Crippen LogP contribution in [0.5, 0.6) is 0 Å². The van der Waals surface area contributed by atoms with E-state index in [4.69, 9.17) is 0 Å². The largest absolute Gasteiger partial charge is 0.355 e. The summed E-state index contributed by atoms with van der Waals surface area (Å²) in [7, 11) is 0. The summed E-state index contributed by atoms with van der Waals surface area (Å²) in [5, 5.41) is 20.5. The molecule has 1 amide bonds. The second-order valence-corrected chi connectivity index (χ2v) is 6.95. The van der Waals surface area contributed by atoms with Crippen LogP contribution in [0.1, 0.15) is 54.5 Å². The van der Waals surface area contributed by atoms with Gasteiger partial charge in [0.2, 0.25) is 5.13 Å². The number of aromatic nitrogens is 4. The first-order valence-electron chi connectivity index (χ1n) is 8.48. The number of nitrogens with one attached hydrogen (secondary N) is 1. The van der Waals surface area contributed by atoms with Crippen molar-refractivity contribution in [2.45, 2.75) is 45.4 Å². The van der Waals surface area contributed by atoms with Crippen LogP contribution in [0.25, 0.3) is 0 Å². The van der Waals surface area contributed by atoms with Gasteiger partial charge in [0.05, 0.1) is 0 Å². The molecule has 3 rings (SSSR count). The minimum Gasteiger partial charge on any atom is -0.355 e. The maximum atomic E-state index is 12.2. The molecule has 1 aliphatic heterocycles. The number of piperidine rings is 1. The minimum atomic E-state index is -0.300. The Morgan fingerprint density at radius 3 is 2.71 bits per heavy atom. The fourth-order valence-corrected chi connectivity index (χ4v) is 3.41. The lowest BCUT2D eigenvalue weighted by atomic mass is 10.1. The molecule has 1 N–H and O–H groups in total. The quantitative estimate of drug-likeness (QED) is 0.866. The molecule has 3 heterocycles. The third kappa shape index (κ3) is 4.25. The second-order valence-electron chi connectivity index (χ2n) is 5.88. The molecule has 0 radical (unpaired) electrons. The van der Waals surface area contributed by atoms with Gasteiger partial charge in [-0.3, -0.25) is 10.1 Å². The number of carbonyl (C=O) groups is 1. The van der Waals surface area contributed by atoms with Crippen molar-refractivity contribution < 1.29 is 4.79 Å². The van der Waals surface area contributed by atoms with Crippen LogP contribution in [0.4, 0.5) is 10.9 Å². The Labute approximate surface area is 145 Å². The molecule has 0 aromatic carbocycles. The van der Waals surface area contributed by atoms with Gasteiger partial charge in [0.25, 0.3) is 5.91 Å². The summed E-state index contributed by atoms with van der Waals surface area (Å²) in [4.78, 5) is 14.4. The summed E-state index contributed by atoms with van der Waals surface area (Å²) in [6.07, 6.45) is 6.72. The van der Waals surface area contributed by atoms with Gasteiger partial charge in [-0.15, -0.1) is 20.4 Å². The first kappa shape index (κ1) is 16.8. The van der Waals surface area contributed by atoms with E-state index in [0.717, 1.165) is 43.2 Å². The lowest BCUT2D eigenvalue weighted by Gasteiger charge is -2.27. The predicted octanol–water partition coefficient (Wildman–Crippen LogP) is 2.91. The third-order valence-electron chi connectivity index (χ3n) is 3.99. The maximum absolute atomic E-state index is 12.2. The van der Waals surface area contributed by atoms with E-state index in [0.29, 0.717) is 10.8 Å². The number of nitrogens with zero attached hydrogens (tertiary/aromatic N) is 5. The average Bonchev–Trinajstić information content (AvgIpc) is 3.08. The molecule has 0 unspecified atom stereocenters. The van der Waals surface area contributed by atoms with E-state index in [1.165, 1.54) is 30.6 Å². The topological polar surface area (TPSA) is 83.9 Å². The molecule has 7 nitrogen and oxygen atoms in total. The summed E-state index contributed by atoms with van der Waals surface area (Å²) in [5.41, 5.74) is 0.293. The Bertz CT molecular complexity index is 665. The molecule has 1 fully saturated rings. The van der Waals surface area contributed by atoms with Crippen molar-refractivity contribution >= 4 is 28.2 Å². The summed E-state index contributed by atoms with van der Waals surface area (Å²) < 4.78 is 0. The normalized spacial score (nSPS) is 14.6. The van der Waals surface area contributed by atoms with Crippen molar-refractivity contribution in [2.24, 2.45) is 0 Å². The van der Waals surface area contributed by atoms with Crippen molar-refractivity contribution in [2.75, 3.05) is 23.3 Å². The highest BCUT2D eigenvalue weighted by Crippen LogP contribution is 2.19. The zero-order valence-electron chi connectivity index (χ0n) is 13.9. The first-order chi connectivity index (χ1) is 11.8. The van der Waals surface area contributed by atoms with Gasteiger partial charge < -0.3 is 4.90 Å². The van der Waals surface area contributed by atoms with E-state index in [1.54, 1.807) is 6.07 Å². The second kappa shape index (κ2) is 8.14. The Kier molecular flexibility index (Phi) is 5.68. The maximum Gasteiger partial charge on any atom is 0.278 e. The molecule has 0 atom stereocenters. The molecule has 2 aromatic heterocycles. The molecule has 1 saturated heterocycles. The van der Waals surface area contributed by atoms with Gasteiger partial charge in [-0.1, -0.05) is 24.7 Å². The van der Waals surface area contributed by atoms with Gasteiger partial charge in [0.1, 0.15) is 5.01 Å². The van der Waals surface area contributed by atoms with Crippen molar-refractivity contribution in [1.82, 2.24) is 20.4 Å². The van der Waals surface area contributed by atoms with E-state index in [9.17, 15) is 4.79 Å². The van der Waals surface area contributed by atoms with E-state index in [1.807, 2.05) is 6.07 Å². The number of hydrogen-bond donors (Lipinski definition) is 1. The number of unbranched alkanes of at least 4 members (excludes halogenated alkanes) is 1. The summed E-state index contributed by atoms with van der Waals surface area (Å²) in [6, 6.07) is 3.57. The zero-order valence-corrected chi connectivity index (χ0v) is 14.7. The lowest BCUT2D eigenvalue weighted by molar-refractivity contribution is 0.102. The molecule has 1 aliphatic rings. The highest BCUT2D eigenvalue weighted by Gasteiger charge is 2.15. The van der Waals surface area contributed by atoms with Crippen molar-refractivity contribution in [3.8, 4) is 0 Å². The molecular formula is C16H22N6OS. The van der Waals surface area contributed by atoms with Gasteiger partial charge in [0.15, 0.2) is 11.5 Å². The molecule has 0 aliphatic carbocycles. The number of hydrogen-bond acceptors (Lipinski definition) is 7. The van der Waals surface area contributed by atoms with Crippen LogP contribution in [0, 0.1) is 0 Å². The van der Waals surface area contributed by atoms with Crippen molar-refractivity contribution in [3.63, 3.8) is 0 Å². The zero-order chi connectivity index (χ0) is 16.8. The number of anilines is 2. The molecule has 0 spiro atoms. The smallest absolute Gasteiger partial charge is 0.278 e. The van der Waals surface area contributed by atoms with Crippen LogP contribution in [0.2, 0.25) is 0 Å². The molecular weight excluding hydrogens is 324 g/mol. The van der Waals surface area contributed by atoms with Crippen LogP contribution >= 0.6 is 11.3 Å². The Hall–Kier alpha value is -2.09. The average molecular weight is 346 g/mol. The monoisotopic (exact) mass is 346 g/mol. The first-order valence-corrected chi connectivity index (χ1v) is 9.30. The molecule has 8 heteroatoms. The molecule has 24 heavy (non-hydrogen) atoms. The molecule has 128 valence electrons. The Morgan fingerprint density at radius 1 is 1.17 bits per heavy atom. The Morgan fingerprint density at radius 2 is 2.00 bits per heavy atom. The van der Waals surface area contributed by atoms with Crippen molar-refractivity contribution in [3.05, 3.63) is 22.8 Å². The number of rotatable bonds is 6. The summed E-state index contributed by atoms with van der Waals surface area (Å²) >= 11 is 1.41. The molecule has 0 saturated carbocycles. The van der Waals surface area contributed by atoms with Gasteiger partial charge >= 0.3 is 0 Å². The van der Waals surface area contributed by atoms with Gasteiger partial charge in [-0.25, -0.2) is 0 Å². The van der Waals surface area contributed by atoms with Crippen molar-refractivity contribution in [1.29, 1.82) is 0 Å². The van der Waals surface area contributed by atoms with Crippen LogP contribution < -0.4 is 10.2 Å². The van der Waals surface area contributed by atoms with Crippen LogP contribution in [-0.4, -0.2) is 39.4 Å². The van der Waals surface area contributed by atoms with Gasteiger partial charge in [-0.05, 0) is 37.8 Å². The Balaban J connectivity index is 1.59. The predicted molar refractivity (Wildman–Crippen MR) is 94.6 cm³/mol. The number of aryl methyl sites for hydroxylation is 1. The molecule has 2 aromatic rings. The fraction of sp³-hybridized carbons (Fsp3) is 0.562. The third-order valence-corrected chi connectivity index (χ3v) is 4.89. The lowest BCUT2D eigenvalue weighted by Crippen LogP contribution is -2.30. The van der Waals surface area contributed by atoms with E-state index < -0.39 is 0 Å². The highest BCUT2D eigenvalue weighted by atomic mass is 32.1. The van der Waals surface area contributed by atoms with Gasteiger partial charge in [0, 0.05) is 19.5 Å². The van der Waals surface area contributed by atoms with E-state index in [2.05, 4.69) is 37.5 Å². The number of amides is 1. The van der Waals surface area contributed by atoms with E-state index in [-0.39, 0.29) is 5.91 Å². The van der Waals surface area contributed by atoms with Crippen LogP contribution in [0.15, 0.2) is 12.1 Å². The standard InChI is InChI=1S/C16H22N6OS/c1-2-3-7-14-20-21-16(24-14)17-15(23)12-8-9-13(19-18-12)22-10-5-4-6-11-22/h8-9H,2-7,10-11H2,1H3,(H,17,21,23). The SMILES string of the molecule is CCCCc1nnc(NC(=O)c2ccc(N3CCCCC3)nn2)s1. The van der Waals surface area contributed by atoms with Crippen LogP contribution in [0.3, 0.4) is 0 Å². The molecule has 0 bridgehead atoms. The van der Waals surface area contributed by atoms with E-state index >= 15 is 0 Å². The number of carbonyl (C=O) groups excluding carboxylic acids is 1. The summed E-state index contributed by atoms with van der Waals surface area (Å²) in [5.74, 6) is 0.537. The van der Waals surface area contributed by atoms with Crippen LogP contribution in [-0.2, 0) is 6.42 Å². The fourth-order valence-electron chi connectivity index (χ4n) is 2.63. The highest BCUT2D eigenvalue weighted by molar-refractivity contribution is 7.15. The summed E-state index contributed by atoms with van der Waals surface area (Å²) in [6.45, 7) is 4.15. The van der Waals surface area contributed by atoms with Gasteiger partial charge in [-0.2, -0.15) is 0 Å². The minimum absolute atomic E-state index is 0.293.